The second kappa shape index (κ2) is 4.43. The highest BCUT2D eigenvalue weighted by Gasteiger charge is 2.13. The maximum absolute atomic E-state index is 5.48. The quantitative estimate of drug-likeness (QED) is 0.742. The molecule has 5 heteroatoms. The zero-order valence-corrected chi connectivity index (χ0v) is 8.25. The van der Waals surface area contributed by atoms with Gasteiger partial charge in [-0.25, -0.2) is 4.98 Å². The van der Waals surface area contributed by atoms with Crippen molar-refractivity contribution in [2.75, 3.05) is 31.7 Å². The predicted octanol–water partition coefficient (Wildman–Crippen LogP) is 0.545. The average Bonchev–Trinajstić information content (AvgIpc) is 2.63. The number of ether oxygens (including phenoxy) is 2. The van der Waals surface area contributed by atoms with E-state index in [1.807, 2.05) is 6.92 Å². The number of H-pyrrole nitrogens is 1. The molecule has 0 spiro atoms. The molecule has 0 radical (unpaired) electrons. The van der Waals surface area contributed by atoms with Crippen molar-refractivity contribution in [3.05, 3.63) is 11.9 Å². The normalized spacial score (nSPS) is 22.2. The predicted molar refractivity (Wildman–Crippen MR) is 52.4 cm³/mol. The number of nitrogens with one attached hydrogen (secondary N) is 2. The maximum atomic E-state index is 5.48. The number of hydrogen-bond acceptors (Lipinski definition) is 4. The van der Waals surface area contributed by atoms with Gasteiger partial charge in [-0.05, 0) is 6.92 Å². The summed E-state index contributed by atoms with van der Waals surface area (Å²) in [6.45, 7) is 4.75. The summed E-state index contributed by atoms with van der Waals surface area (Å²) in [5.41, 5.74) is 1.05. The number of aromatic nitrogens is 2. The Morgan fingerprint density at radius 1 is 1.64 bits per heavy atom. The van der Waals surface area contributed by atoms with Crippen molar-refractivity contribution in [1.82, 2.24) is 9.97 Å². The number of imidazole rings is 1. The number of aryl methyl sites for hydroxylation is 1. The molecule has 1 aromatic heterocycles. The lowest BCUT2D eigenvalue weighted by atomic mass is 10.3. The Labute approximate surface area is 82.8 Å². The van der Waals surface area contributed by atoms with Crippen LogP contribution in [0, 0.1) is 6.92 Å². The van der Waals surface area contributed by atoms with Crippen molar-refractivity contribution in [2.45, 2.75) is 13.0 Å². The molecule has 1 fully saturated rings. The van der Waals surface area contributed by atoms with Crippen LogP contribution in [-0.2, 0) is 9.47 Å². The van der Waals surface area contributed by atoms with Gasteiger partial charge in [-0.15, -0.1) is 0 Å². The minimum Gasteiger partial charge on any atom is -0.376 e. The second-order valence-electron chi connectivity index (χ2n) is 3.36. The van der Waals surface area contributed by atoms with Crippen molar-refractivity contribution < 1.29 is 9.47 Å². The minimum absolute atomic E-state index is 0.133. The molecule has 1 atom stereocenters. The lowest BCUT2D eigenvalue weighted by molar-refractivity contribution is -0.0819. The zero-order chi connectivity index (χ0) is 9.80. The van der Waals surface area contributed by atoms with Crippen LogP contribution in [0.3, 0.4) is 0 Å². The standard InChI is InChI=1S/C9H15N3O2/c1-7-4-10-9(12-7)11-5-8-6-13-2-3-14-8/h4,8H,2-3,5-6H2,1H3,(H2,10,11,12). The first-order chi connectivity index (χ1) is 6.84. The van der Waals surface area contributed by atoms with E-state index in [-0.39, 0.29) is 6.10 Å². The summed E-state index contributed by atoms with van der Waals surface area (Å²) in [6, 6.07) is 0. The fourth-order valence-electron chi connectivity index (χ4n) is 1.37. The third kappa shape index (κ3) is 2.46. The van der Waals surface area contributed by atoms with E-state index < -0.39 is 0 Å². The number of nitrogens with zero attached hydrogens (tertiary/aromatic N) is 1. The van der Waals surface area contributed by atoms with Crippen molar-refractivity contribution in [2.24, 2.45) is 0 Å². The summed E-state index contributed by atoms with van der Waals surface area (Å²) < 4.78 is 10.8. The Morgan fingerprint density at radius 3 is 3.21 bits per heavy atom. The van der Waals surface area contributed by atoms with E-state index in [4.69, 9.17) is 9.47 Å². The van der Waals surface area contributed by atoms with Crippen LogP contribution in [0.5, 0.6) is 0 Å². The van der Waals surface area contributed by atoms with E-state index >= 15 is 0 Å². The molecule has 14 heavy (non-hydrogen) atoms. The van der Waals surface area contributed by atoms with Gasteiger partial charge in [-0.1, -0.05) is 0 Å². The molecule has 1 aliphatic rings. The molecule has 1 aliphatic heterocycles. The zero-order valence-electron chi connectivity index (χ0n) is 8.25. The second-order valence-corrected chi connectivity index (χ2v) is 3.36. The molecule has 78 valence electrons. The van der Waals surface area contributed by atoms with Crippen molar-refractivity contribution in [3.8, 4) is 0 Å². The number of hydrogen-bond donors (Lipinski definition) is 2. The molecule has 0 aliphatic carbocycles. The van der Waals surface area contributed by atoms with Crippen LogP contribution in [0.1, 0.15) is 5.69 Å². The molecule has 2 rings (SSSR count). The Morgan fingerprint density at radius 2 is 2.57 bits per heavy atom. The average molecular weight is 197 g/mol. The Balaban J connectivity index is 1.76. The molecule has 5 nitrogen and oxygen atoms in total. The first-order valence-corrected chi connectivity index (χ1v) is 4.79. The van der Waals surface area contributed by atoms with Gasteiger partial charge in [0.05, 0.1) is 25.9 Å². The molecule has 2 heterocycles. The summed E-state index contributed by atoms with van der Waals surface area (Å²) in [7, 11) is 0. The molecule has 1 saturated heterocycles. The smallest absolute Gasteiger partial charge is 0.200 e. The summed E-state index contributed by atoms with van der Waals surface area (Å²) in [5, 5.41) is 3.16. The molecular weight excluding hydrogens is 182 g/mol. The monoisotopic (exact) mass is 197 g/mol. The molecule has 0 bridgehead atoms. The fourth-order valence-corrected chi connectivity index (χ4v) is 1.37. The number of anilines is 1. The van der Waals surface area contributed by atoms with Gasteiger partial charge in [0, 0.05) is 18.4 Å². The fraction of sp³-hybridized carbons (Fsp3) is 0.667. The van der Waals surface area contributed by atoms with Crippen LogP contribution in [0.2, 0.25) is 0 Å². The molecule has 2 N–H and O–H groups in total. The van der Waals surface area contributed by atoms with E-state index in [2.05, 4.69) is 15.3 Å². The van der Waals surface area contributed by atoms with Gasteiger partial charge in [0.25, 0.3) is 0 Å². The van der Waals surface area contributed by atoms with E-state index in [0.29, 0.717) is 19.8 Å². The Hall–Kier alpha value is -1.07. The minimum atomic E-state index is 0.133. The van der Waals surface area contributed by atoms with Crippen molar-refractivity contribution in [3.63, 3.8) is 0 Å². The topological polar surface area (TPSA) is 59.2 Å². The summed E-state index contributed by atoms with van der Waals surface area (Å²) >= 11 is 0. The third-order valence-corrected chi connectivity index (χ3v) is 2.09. The van der Waals surface area contributed by atoms with Gasteiger partial charge >= 0.3 is 0 Å². The largest absolute Gasteiger partial charge is 0.376 e. The Kier molecular flexibility index (Phi) is 3.00. The summed E-state index contributed by atoms with van der Waals surface area (Å²) in [4.78, 5) is 7.23. The highest BCUT2D eigenvalue weighted by atomic mass is 16.6. The van der Waals surface area contributed by atoms with Crippen LogP contribution >= 0.6 is 0 Å². The third-order valence-electron chi connectivity index (χ3n) is 2.09. The molecule has 0 aromatic carbocycles. The first-order valence-electron chi connectivity index (χ1n) is 4.79. The lowest BCUT2D eigenvalue weighted by Gasteiger charge is -2.22. The highest BCUT2D eigenvalue weighted by Crippen LogP contribution is 2.04. The van der Waals surface area contributed by atoms with Gasteiger partial charge in [0.2, 0.25) is 0 Å². The highest BCUT2D eigenvalue weighted by molar-refractivity contribution is 5.25. The molecule has 0 saturated carbocycles. The molecule has 1 unspecified atom stereocenters. The van der Waals surface area contributed by atoms with Gasteiger partial charge in [-0.3, -0.25) is 0 Å². The van der Waals surface area contributed by atoms with Crippen LogP contribution in [0.15, 0.2) is 6.20 Å². The number of rotatable bonds is 3. The SMILES string of the molecule is Cc1cnc(NCC2COCCO2)[nH]1. The molecule has 0 amide bonds. The number of aromatic amines is 1. The van der Waals surface area contributed by atoms with Crippen molar-refractivity contribution >= 4 is 5.95 Å². The van der Waals surface area contributed by atoms with Gasteiger partial charge < -0.3 is 19.8 Å². The van der Waals surface area contributed by atoms with Crippen LogP contribution in [0.4, 0.5) is 5.95 Å². The molecular formula is C9H15N3O2. The summed E-state index contributed by atoms with van der Waals surface area (Å²) in [5.74, 6) is 0.789. The van der Waals surface area contributed by atoms with E-state index in [1.54, 1.807) is 6.20 Å². The van der Waals surface area contributed by atoms with Gasteiger partial charge in [-0.2, -0.15) is 0 Å². The summed E-state index contributed by atoms with van der Waals surface area (Å²) in [6.07, 6.45) is 1.93. The van der Waals surface area contributed by atoms with E-state index in [1.165, 1.54) is 0 Å². The van der Waals surface area contributed by atoms with Crippen LogP contribution in [-0.4, -0.2) is 42.4 Å². The maximum Gasteiger partial charge on any atom is 0.200 e. The van der Waals surface area contributed by atoms with Crippen LogP contribution < -0.4 is 5.32 Å². The van der Waals surface area contributed by atoms with Gasteiger partial charge in [0.1, 0.15) is 0 Å². The molecule has 1 aromatic rings. The van der Waals surface area contributed by atoms with E-state index in [9.17, 15) is 0 Å². The Bertz CT molecular complexity index is 281. The first kappa shape index (κ1) is 9.48. The van der Waals surface area contributed by atoms with Crippen LogP contribution in [0.25, 0.3) is 0 Å². The lowest BCUT2D eigenvalue weighted by Crippen LogP contribution is -2.34. The van der Waals surface area contributed by atoms with E-state index in [0.717, 1.165) is 18.2 Å². The van der Waals surface area contributed by atoms with Gasteiger partial charge in [0.15, 0.2) is 5.95 Å². The van der Waals surface area contributed by atoms with Crippen molar-refractivity contribution in [1.29, 1.82) is 0 Å².